The molecule has 0 unspecified atom stereocenters. The third-order valence-corrected chi connectivity index (χ3v) is 6.45. The van der Waals surface area contributed by atoms with Crippen LogP contribution in [0.4, 0.5) is 20.6 Å². The van der Waals surface area contributed by atoms with Gasteiger partial charge in [0.1, 0.15) is 29.9 Å². The lowest BCUT2D eigenvalue weighted by Gasteiger charge is -2.36. The highest BCUT2D eigenvalue weighted by Crippen LogP contribution is 2.25. The van der Waals surface area contributed by atoms with Crippen LogP contribution in [0.3, 0.4) is 0 Å². The molecular formula is C25H31FN4O6. The number of methoxy groups -OCH3 is 1. The maximum atomic E-state index is 13.2. The zero-order chi connectivity index (χ0) is 25.7. The molecule has 36 heavy (non-hydrogen) atoms. The monoisotopic (exact) mass is 502 g/mol. The zero-order valence-electron chi connectivity index (χ0n) is 20.0. The molecule has 0 bridgehead atoms. The highest BCUT2D eigenvalue weighted by atomic mass is 19.1. The molecule has 2 aromatic carbocycles. The van der Waals surface area contributed by atoms with E-state index in [9.17, 15) is 24.2 Å². The van der Waals surface area contributed by atoms with Gasteiger partial charge >= 0.3 is 6.03 Å². The van der Waals surface area contributed by atoms with Crippen LogP contribution in [0.25, 0.3) is 0 Å². The molecule has 4 atom stereocenters. The number of amides is 3. The van der Waals surface area contributed by atoms with Gasteiger partial charge in [0.25, 0.3) is 0 Å². The highest BCUT2D eigenvalue weighted by molar-refractivity contribution is 5.89. The second-order valence-corrected chi connectivity index (χ2v) is 8.81. The van der Waals surface area contributed by atoms with Crippen molar-refractivity contribution in [3.8, 4) is 5.75 Å². The quantitative estimate of drug-likeness (QED) is 0.448. The Morgan fingerprint density at radius 1 is 1.06 bits per heavy atom. The van der Waals surface area contributed by atoms with E-state index in [1.807, 2.05) is 0 Å². The summed E-state index contributed by atoms with van der Waals surface area (Å²) < 4.78 is 24.0. The zero-order valence-corrected chi connectivity index (χ0v) is 20.0. The van der Waals surface area contributed by atoms with Crippen molar-refractivity contribution in [1.82, 2.24) is 10.2 Å². The average Bonchev–Trinajstić information content (AvgIpc) is 3.16. The number of halogens is 1. The fourth-order valence-corrected chi connectivity index (χ4v) is 4.40. The van der Waals surface area contributed by atoms with Crippen LogP contribution in [-0.2, 0) is 9.53 Å². The van der Waals surface area contributed by atoms with E-state index in [1.54, 1.807) is 41.3 Å². The standard InChI is InChI=1S/C25H31FN4O6/c1-35-19-4-2-3-17(13-19)28-25(34)27-15-21-24(33)23(32)20(36-21)14-22(31)30-11-9-29(10-12-30)18-7-5-16(26)6-8-18/h2-8,13,20-21,23-24,32-33H,9-12,14-15H2,1H3,(H2,27,28,34)/t20-,21+,23-,24+/m0/s1. The van der Waals surface area contributed by atoms with Crippen LogP contribution in [0.15, 0.2) is 48.5 Å². The second-order valence-electron chi connectivity index (χ2n) is 8.81. The number of aliphatic hydroxyl groups is 2. The first-order chi connectivity index (χ1) is 17.3. The molecule has 2 aliphatic rings. The Kier molecular flexibility index (Phi) is 8.24. The van der Waals surface area contributed by atoms with E-state index in [-0.39, 0.29) is 24.7 Å². The Balaban J connectivity index is 1.22. The van der Waals surface area contributed by atoms with Gasteiger partial charge in [0.15, 0.2) is 0 Å². The Morgan fingerprint density at radius 3 is 2.44 bits per heavy atom. The first kappa shape index (κ1) is 25.7. The van der Waals surface area contributed by atoms with Gasteiger partial charge in [0.05, 0.1) is 19.6 Å². The Morgan fingerprint density at radius 2 is 1.75 bits per heavy atom. The van der Waals surface area contributed by atoms with Crippen molar-refractivity contribution in [2.45, 2.75) is 30.8 Å². The summed E-state index contributed by atoms with van der Waals surface area (Å²) in [5.41, 5.74) is 1.43. The van der Waals surface area contributed by atoms with Gasteiger partial charge in [0, 0.05) is 50.2 Å². The van der Waals surface area contributed by atoms with Gasteiger partial charge < -0.3 is 40.1 Å². The first-order valence-corrected chi connectivity index (χ1v) is 11.8. The number of rotatable bonds is 7. The third kappa shape index (κ3) is 6.23. The Labute approximate surface area is 208 Å². The number of nitrogens with zero attached hydrogens (tertiary/aromatic N) is 2. The van der Waals surface area contributed by atoms with Crippen LogP contribution in [-0.4, -0.2) is 91.3 Å². The summed E-state index contributed by atoms with van der Waals surface area (Å²) in [4.78, 5) is 28.8. The van der Waals surface area contributed by atoms with Crippen molar-refractivity contribution in [2.75, 3.05) is 50.1 Å². The van der Waals surface area contributed by atoms with Gasteiger partial charge in [0.2, 0.25) is 5.91 Å². The van der Waals surface area contributed by atoms with Crippen LogP contribution < -0.4 is 20.3 Å². The molecule has 2 aliphatic heterocycles. The normalized spacial score (nSPS) is 23.9. The number of piperazine rings is 1. The summed E-state index contributed by atoms with van der Waals surface area (Å²) in [7, 11) is 1.53. The minimum atomic E-state index is -1.25. The van der Waals surface area contributed by atoms with Crippen molar-refractivity contribution in [3.05, 3.63) is 54.3 Å². The number of nitrogens with one attached hydrogen (secondary N) is 2. The van der Waals surface area contributed by atoms with Gasteiger partial charge in [-0.1, -0.05) is 6.07 Å². The van der Waals surface area contributed by atoms with E-state index in [4.69, 9.17) is 9.47 Å². The number of aliphatic hydroxyl groups excluding tert-OH is 2. The van der Waals surface area contributed by atoms with Crippen molar-refractivity contribution in [1.29, 1.82) is 0 Å². The van der Waals surface area contributed by atoms with E-state index >= 15 is 0 Å². The summed E-state index contributed by atoms with van der Waals surface area (Å²) in [6, 6.07) is 12.6. The van der Waals surface area contributed by atoms with E-state index < -0.39 is 30.4 Å². The lowest BCUT2D eigenvalue weighted by molar-refractivity contribution is -0.135. The molecule has 0 aromatic heterocycles. The molecule has 4 rings (SSSR count). The summed E-state index contributed by atoms with van der Waals surface area (Å²) >= 11 is 0. The fourth-order valence-electron chi connectivity index (χ4n) is 4.40. The van der Waals surface area contributed by atoms with E-state index in [1.165, 1.54) is 19.2 Å². The molecule has 10 nitrogen and oxygen atoms in total. The highest BCUT2D eigenvalue weighted by Gasteiger charge is 2.44. The second kappa shape index (κ2) is 11.5. The predicted molar refractivity (Wildman–Crippen MR) is 131 cm³/mol. The summed E-state index contributed by atoms with van der Waals surface area (Å²) in [6.45, 7) is 2.12. The SMILES string of the molecule is COc1cccc(NC(=O)NC[C@H]2O[C@@H](CC(=O)N3CCN(c4ccc(F)cc4)CC3)[C@H](O)[C@@H]2O)c1. The molecule has 0 spiro atoms. The summed E-state index contributed by atoms with van der Waals surface area (Å²) in [6.07, 6.45) is -4.31. The molecule has 11 heteroatoms. The summed E-state index contributed by atoms with van der Waals surface area (Å²) in [5.74, 6) is 0.111. The van der Waals surface area contributed by atoms with Crippen molar-refractivity contribution in [3.63, 3.8) is 0 Å². The number of hydrogen-bond acceptors (Lipinski definition) is 7. The lowest BCUT2D eigenvalue weighted by atomic mass is 10.0. The molecule has 3 amide bonds. The van der Waals surface area contributed by atoms with Crippen LogP contribution in [0.2, 0.25) is 0 Å². The molecule has 194 valence electrons. The van der Waals surface area contributed by atoms with Crippen molar-refractivity contribution in [2.24, 2.45) is 0 Å². The molecule has 0 saturated carbocycles. The first-order valence-electron chi connectivity index (χ1n) is 11.8. The van der Waals surface area contributed by atoms with Crippen molar-refractivity contribution < 1.29 is 33.7 Å². The molecular weight excluding hydrogens is 471 g/mol. The summed E-state index contributed by atoms with van der Waals surface area (Å²) in [5, 5.41) is 26.1. The van der Waals surface area contributed by atoms with Gasteiger partial charge in [-0.15, -0.1) is 0 Å². The van der Waals surface area contributed by atoms with E-state index in [0.29, 0.717) is 37.6 Å². The molecule has 0 radical (unpaired) electrons. The van der Waals surface area contributed by atoms with Crippen molar-refractivity contribution >= 4 is 23.3 Å². The maximum absolute atomic E-state index is 13.2. The number of carbonyl (C=O) groups excluding carboxylic acids is 2. The minimum Gasteiger partial charge on any atom is -0.497 e. The van der Waals surface area contributed by atoms with Crippen LogP contribution >= 0.6 is 0 Å². The number of anilines is 2. The average molecular weight is 503 g/mol. The number of carbonyl (C=O) groups is 2. The lowest BCUT2D eigenvalue weighted by Crippen LogP contribution is -2.49. The van der Waals surface area contributed by atoms with Gasteiger partial charge in [-0.2, -0.15) is 0 Å². The van der Waals surface area contributed by atoms with Crippen LogP contribution in [0.5, 0.6) is 5.75 Å². The molecule has 2 heterocycles. The number of hydrogen-bond donors (Lipinski definition) is 4. The maximum Gasteiger partial charge on any atom is 0.319 e. The number of urea groups is 1. The van der Waals surface area contributed by atoms with Gasteiger partial charge in [-0.05, 0) is 36.4 Å². The minimum absolute atomic E-state index is 0.0466. The molecule has 4 N–H and O–H groups in total. The van der Waals surface area contributed by atoms with E-state index in [2.05, 4.69) is 15.5 Å². The topological polar surface area (TPSA) is 124 Å². The van der Waals surface area contributed by atoms with Crippen LogP contribution in [0.1, 0.15) is 6.42 Å². The molecule has 2 aromatic rings. The Bertz CT molecular complexity index is 1050. The Hall–Kier alpha value is -3.41. The molecule has 0 aliphatic carbocycles. The third-order valence-electron chi connectivity index (χ3n) is 6.45. The smallest absolute Gasteiger partial charge is 0.319 e. The molecule has 2 saturated heterocycles. The predicted octanol–water partition coefficient (Wildman–Crippen LogP) is 1.18. The van der Waals surface area contributed by atoms with Gasteiger partial charge in [-0.25, -0.2) is 9.18 Å². The molecule has 2 fully saturated rings. The number of ether oxygens (including phenoxy) is 2. The largest absolute Gasteiger partial charge is 0.497 e. The van der Waals surface area contributed by atoms with Gasteiger partial charge in [-0.3, -0.25) is 4.79 Å². The van der Waals surface area contributed by atoms with Crippen LogP contribution in [0, 0.1) is 5.82 Å². The van der Waals surface area contributed by atoms with E-state index in [0.717, 1.165) is 5.69 Å². The number of benzene rings is 2. The fraction of sp³-hybridized carbons (Fsp3) is 0.440.